The first kappa shape index (κ1) is 23.8. The minimum Gasteiger partial charge on any atom is -0.404 e. The van der Waals surface area contributed by atoms with E-state index in [2.05, 4.69) is 31.8 Å². The molecule has 0 spiro atoms. The van der Waals surface area contributed by atoms with Crippen molar-refractivity contribution in [2.24, 2.45) is 22.4 Å². The number of nitrogens with two attached hydrogens (primary N) is 2. The molecule has 3 rings (SSSR count). The van der Waals surface area contributed by atoms with Gasteiger partial charge in [-0.1, -0.05) is 31.6 Å². The second-order valence-corrected chi connectivity index (χ2v) is 7.93. The summed E-state index contributed by atoms with van der Waals surface area (Å²) in [5.74, 6) is 0.877. The molecular weight excluding hydrogens is 430 g/mol. The van der Waals surface area contributed by atoms with Crippen LogP contribution in [0, 0.1) is 5.92 Å². The monoisotopic (exact) mass is 456 g/mol. The number of hydrogen-bond acceptors (Lipinski definition) is 8. The third kappa shape index (κ3) is 5.13. The predicted molar refractivity (Wildman–Crippen MR) is 121 cm³/mol. The lowest BCUT2D eigenvalue weighted by Crippen LogP contribution is -2.31. The fraction of sp³-hybridized carbons (Fsp3) is 0.318. The molecule has 4 N–H and O–H groups in total. The Kier molecular flexibility index (Phi) is 7.00. The Balaban J connectivity index is 1.92. The van der Waals surface area contributed by atoms with Gasteiger partial charge in [0.05, 0.1) is 22.9 Å². The Morgan fingerprint density at radius 2 is 2.09 bits per heavy atom. The van der Waals surface area contributed by atoms with Crippen molar-refractivity contribution < 1.29 is 13.3 Å². The standard InChI is InChI=1S/C22H26F2N8O/c1-13(2)22(4,17-5-6-18(28-10-17)15(7-25)8-27-14(3)26)21-30-20(33-31-21)16-9-29-32(11-16)12-19(23)24/h5-11,13,19H,3,12,25-26H2,1-2,4H3/b15-7+,27-8-/t22-/m1/s1. The largest absolute Gasteiger partial charge is 0.404 e. The molecular formula is C22H26F2N8O. The summed E-state index contributed by atoms with van der Waals surface area (Å²) in [6.45, 7) is 9.08. The summed E-state index contributed by atoms with van der Waals surface area (Å²) >= 11 is 0. The SMILES string of the molecule is C=C(N)/N=C\C(=C/N)c1ccc([C@](C)(c2noc(-c3cnn(CC(F)F)c3)n2)C(C)C)cn1. The fourth-order valence-electron chi connectivity index (χ4n) is 3.21. The number of alkyl halides is 2. The van der Waals surface area contributed by atoms with Crippen LogP contribution >= 0.6 is 0 Å². The number of rotatable bonds is 9. The van der Waals surface area contributed by atoms with Gasteiger partial charge < -0.3 is 16.0 Å². The Bertz CT molecular complexity index is 1160. The summed E-state index contributed by atoms with van der Waals surface area (Å²) in [4.78, 5) is 13.0. The molecule has 11 heteroatoms. The summed E-state index contributed by atoms with van der Waals surface area (Å²) in [5, 5.41) is 8.10. The van der Waals surface area contributed by atoms with Crippen molar-refractivity contribution in [2.75, 3.05) is 0 Å². The smallest absolute Gasteiger partial charge is 0.261 e. The lowest BCUT2D eigenvalue weighted by Gasteiger charge is -2.30. The van der Waals surface area contributed by atoms with Crippen LogP contribution in [-0.2, 0) is 12.0 Å². The summed E-state index contributed by atoms with van der Waals surface area (Å²) < 4.78 is 31.8. The van der Waals surface area contributed by atoms with Gasteiger partial charge in [0, 0.05) is 30.4 Å². The lowest BCUT2D eigenvalue weighted by atomic mass is 9.73. The molecule has 0 aromatic carbocycles. The van der Waals surface area contributed by atoms with Gasteiger partial charge >= 0.3 is 0 Å². The Morgan fingerprint density at radius 1 is 1.33 bits per heavy atom. The highest BCUT2D eigenvalue weighted by atomic mass is 19.3. The zero-order chi connectivity index (χ0) is 24.2. The van der Waals surface area contributed by atoms with E-state index in [1.54, 1.807) is 6.20 Å². The van der Waals surface area contributed by atoms with Gasteiger partial charge in [0.2, 0.25) is 0 Å². The Morgan fingerprint density at radius 3 is 2.67 bits per heavy atom. The van der Waals surface area contributed by atoms with E-state index in [-0.39, 0.29) is 17.6 Å². The summed E-state index contributed by atoms with van der Waals surface area (Å²) in [6, 6.07) is 3.73. The first-order valence-electron chi connectivity index (χ1n) is 10.2. The van der Waals surface area contributed by atoms with E-state index >= 15 is 0 Å². The predicted octanol–water partition coefficient (Wildman–Crippen LogP) is 3.36. The molecule has 0 radical (unpaired) electrons. The van der Waals surface area contributed by atoms with Crippen molar-refractivity contribution in [3.63, 3.8) is 0 Å². The quantitative estimate of drug-likeness (QED) is 0.472. The van der Waals surface area contributed by atoms with Crippen LogP contribution in [0.2, 0.25) is 0 Å². The van der Waals surface area contributed by atoms with Gasteiger partial charge in [-0.15, -0.1) is 0 Å². The van der Waals surface area contributed by atoms with E-state index < -0.39 is 18.4 Å². The topological polar surface area (TPSA) is 134 Å². The van der Waals surface area contributed by atoms with Crippen LogP contribution in [0.1, 0.15) is 37.9 Å². The average molecular weight is 457 g/mol. The van der Waals surface area contributed by atoms with Crippen LogP contribution in [0.15, 0.2) is 58.8 Å². The van der Waals surface area contributed by atoms with Crippen LogP contribution in [0.5, 0.6) is 0 Å². The molecule has 0 bridgehead atoms. The Labute approximate surface area is 189 Å². The van der Waals surface area contributed by atoms with E-state index in [1.165, 1.54) is 24.8 Å². The van der Waals surface area contributed by atoms with E-state index in [0.29, 0.717) is 22.7 Å². The average Bonchev–Trinajstić information content (AvgIpc) is 3.43. The van der Waals surface area contributed by atoms with E-state index in [1.807, 2.05) is 32.9 Å². The number of nitrogens with zero attached hydrogens (tertiary/aromatic N) is 6. The van der Waals surface area contributed by atoms with E-state index in [9.17, 15) is 8.78 Å². The summed E-state index contributed by atoms with van der Waals surface area (Å²) in [7, 11) is 0. The van der Waals surface area contributed by atoms with Gasteiger partial charge in [-0.05, 0) is 24.5 Å². The first-order valence-corrected chi connectivity index (χ1v) is 10.2. The molecule has 0 saturated carbocycles. The number of hydrogen-bond donors (Lipinski definition) is 2. The molecule has 3 aromatic rings. The van der Waals surface area contributed by atoms with E-state index in [0.717, 1.165) is 10.2 Å². The number of aromatic nitrogens is 5. The van der Waals surface area contributed by atoms with Gasteiger partial charge in [-0.25, -0.2) is 13.8 Å². The number of pyridine rings is 1. The number of aliphatic imine (C=N–C) groups is 1. The molecule has 3 heterocycles. The van der Waals surface area contributed by atoms with Crippen molar-refractivity contribution in [3.05, 3.63) is 66.4 Å². The molecule has 3 aromatic heterocycles. The molecule has 174 valence electrons. The highest BCUT2D eigenvalue weighted by Crippen LogP contribution is 2.38. The zero-order valence-corrected chi connectivity index (χ0v) is 18.6. The van der Waals surface area contributed by atoms with Gasteiger partial charge in [0.15, 0.2) is 5.82 Å². The highest BCUT2D eigenvalue weighted by molar-refractivity contribution is 6.09. The second-order valence-electron chi connectivity index (χ2n) is 7.93. The highest BCUT2D eigenvalue weighted by Gasteiger charge is 2.38. The van der Waals surface area contributed by atoms with Crippen LogP contribution in [0.3, 0.4) is 0 Å². The van der Waals surface area contributed by atoms with Crippen LogP contribution in [-0.4, -0.2) is 37.5 Å². The molecule has 33 heavy (non-hydrogen) atoms. The van der Waals surface area contributed by atoms with Crippen molar-refractivity contribution in [1.29, 1.82) is 0 Å². The maximum Gasteiger partial charge on any atom is 0.261 e. The molecule has 1 atom stereocenters. The van der Waals surface area contributed by atoms with Crippen LogP contribution < -0.4 is 11.5 Å². The van der Waals surface area contributed by atoms with Gasteiger partial charge in [-0.2, -0.15) is 10.1 Å². The minimum atomic E-state index is -2.51. The molecule has 0 unspecified atom stereocenters. The number of allylic oxidation sites excluding steroid dienone is 1. The van der Waals surface area contributed by atoms with Crippen LogP contribution in [0.25, 0.3) is 17.0 Å². The van der Waals surface area contributed by atoms with Crippen molar-refractivity contribution in [3.8, 4) is 11.5 Å². The van der Waals surface area contributed by atoms with Crippen molar-refractivity contribution >= 4 is 11.8 Å². The van der Waals surface area contributed by atoms with E-state index in [4.69, 9.17) is 16.0 Å². The lowest BCUT2D eigenvalue weighted by molar-refractivity contribution is 0.122. The third-order valence-corrected chi connectivity index (χ3v) is 5.46. The molecule has 0 fully saturated rings. The molecule has 0 aliphatic rings. The molecule has 0 saturated heterocycles. The van der Waals surface area contributed by atoms with Crippen molar-refractivity contribution in [1.82, 2.24) is 24.9 Å². The molecule has 0 aliphatic carbocycles. The second kappa shape index (κ2) is 9.72. The third-order valence-electron chi connectivity index (χ3n) is 5.46. The molecule has 0 amide bonds. The minimum absolute atomic E-state index is 0.0730. The maximum absolute atomic E-state index is 12.6. The van der Waals surface area contributed by atoms with Crippen molar-refractivity contribution in [2.45, 2.75) is 39.2 Å². The molecule has 0 aliphatic heterocycles. The van der Waals surface area contributed by atoms with Gasteiger partial charge in [0.1, 0.15) is 12.4 Å². The summed E-state index contributed by atoms with van der Waals surface area (Å²) in [5.41, 5.74) is 13.1. The number of halogens is 2. The Hall–Kier alpha value is -3.89. The van der Waals surface area contributed by atoms with Gasteiger partial charge in [0.25, 0.3) is 12.3 Å². The van der Waals surface area contributed by atoms with Gasteiger partial charge in [-0.3, -0.25) is 9.67 Å². The fourth-order valence-corrected chi connectivity index (χ4v) is 3.21. The maximum atomic E-state index is 12.6. The molecule has 9 nitrogen and oxygen atoms in total. The van der Waals surface area contributed by atoms with Crippen LogP contribution in [0.4, 0.5) is 8.78 Å². The first-order chi connectivity index (χ1) is 15.6. The zero-order valence-electron chi connectivity index (χ0n) is 18.6. The summed E-state index contributed by atoms with van der Waals surface area (Å²) in [6.07, 6.45) is 4.96. The normalized spacial score (nSPS) is 14.3.